The molecule has 1 aromatic heterocycles. The number of aromatic nitrogens is 1. The van der Waals surface area contributed by atoms with Gasteiger partial charge in [-0.15, -0.1) is 0 Å². The third-order valence-electron chi connectivity index (χ3n) is 3.63. The van der Waals surface area contributed by atoms with Crippen molar-refractivity contribution in [3.63, 3.8) is 0 Å². The van der Waals surface area contributed by atoms with Gasteiger partial charge in [0.25, 0.3) is 5.56 Å². The van der Waals surface area contributed by atoms with Crippen LogP contribution in [0.2, 0.25) is 0 Å². The van der Waals surface area contributed by atoms with E-state index in [2.05, 4.69) is 15.6 Å². The summed E-state index contributed by atoms with van der Waals surface area (Å²) in [7, 11) is 0. The average molecular weight is 299 g/mol. The first-order valence-electron chi connectivity index (χ1n) is 6.59. The molecule has 0 bridgehead atoms. The number of thioether (sulfide) groups is 1. The first kappa shape index (κ1) is 15.4. The molecule has 0 aliphatic carbocycles. The minimum atomic E-state index is -0.707. The number of aliphatic hydroxyl groups is 2. The highest BCUT2D eigenvalue weighted by Crippen LogP contribution is 2.23. The van der Waals surface area contributed by atoms with E-state index in [0.29, 0.717) is 12.3 Å². The van der Waals surface area contributed by atoms with Crippen molar-refractivity contribution in [2.45, 2.75) is 18.5 Å². The van der Waals surface area contributed by atoms with Crippen LogP contribution in [0.5, 0.6) is 0 Å². The van der Waals surface area contributed by atoms with Gasteiger partial charge in [-0.3, -0.25) is 4.79 Å². The van der Waals surface area contributed by atoms with Crippen LogP contribution >= 0.6 is 11.8 Å². The minimum absolute atomic E-state index is 0.0477. The Kier molecular flexibility index (Phi) is 5.09. The summed E-state index contributed by atoms with van der Waals surface area (Å²) in [4.78, 5) is 14.4. The second-order valence-corrected chi connectivity index (χ2v) is 5.92. The molecule has 20 heavy (non-hydrogen) atoms. The Morgan fingerprint density at radius 1 is 1.45 bits per heavy atom. The van der Waals surface area contributed by atoms with Crippen molar-refractivity contribution >= 4 is 17.4 Å². The van der Waals surface area contributed by atoms with Crippen LogP contribution in [0.25, 0.3) is 0 Å². The van der Waals surface area contributed by atoms with Gasteiger partial charge in [-0.05, 0) is 12.7 Å². The summed E-state index contributed by atoms with van der Waals surface area (Å²) in [5.74, 6) is 0.610. The Labute approximate surface area is 122 Å². The maximum Gasteiger partial charge on any atom is 0.253 e. The molecule has 0 unspecified atom stereocenters. The molecular formula is C13H21N3O3S. The molecular weight excluding hydrogens is 278 g/mol. The molecule has 1 aliphatic rings. The lowest BCUT2D eigenvalue weighted by Gasteiger charge is -2.30. The summed E-state index contributed by atoms with van der Waals surface area (Å²) in [6.45, 7) is 0.978. The lowest BCUT2D eigenvalue weighted by atomic mass is 10.0. The van der Waals surface area contributed by atoms with Crippen LogP contribution in [0.4, 0.5) is 5.69 Å². The summed E-state index contributed by atoms with van der Waals surface area (Å²) in [6, 6.07) is 0. The van der Waals surface area contributed by atoms with Gasteiger partial charge in [0.1, 0.15) is 0 Å². The molecule has 0 fully saturated rings. The number of aromatic amines is 1. The van der Waals surface area contributed by atoms with Crippen molar-refractivity contribution < 1.29 is 10.2 Å². The van der Waals surface area contributed by atoms with Gasteiger partial charge >= 0.3 is 0 Å². The number of H-pyrrole nitrogens is 1. The molecule has 1 aliphatic heterocycles. The van der Waals surface area contributed by atoms with Crippen LogP contribution in [-0.2, 0) is 13.0 Å². The van der Waals surface area contributed by atoms with Crippen LogP contribution in [0, 0.1) is 0 Å². The number of anilines is 1. The maximum absolute atomic E-state index is 11.7. The summed E-state index contributed by atoms with van der Waals surface area (Å²) < 4.78 is 0. The lowest BCUT2D eigenvalue weighted by Crippen LogP contribution is -2.53. The number of rotatable bonds is 7. The van der Waals surface area contributed by atoms with Crippen molar-refractivity contribution in [1.82, 2.24) is 10.3 Å². The summed E-state index contributed by atoms with van der Waals surface area (Å²) >= 11 is 1.56. The van der Waals surface area contributed by atoms with Gasteiger partial charge in [0, 0.05) is 41.9 Å². The van der Waals surface area contributed by atoms with Crippen molar-refractivity contribution in [2.75, 3.05) is 37.1 Å². The normalized spacial score (nSPS) is 14.2. The van der Waals surface area contributed by atoms with Gasteiger partial charge in [-0.25, -0.2) is 0 Å². The van der Waals surface area contributed by atoms with Gasteiger partial charge in [0.15, 0.2) is 0 Å². The number of pyridine rings is 1. The highest BCUT2D eigenvalue weighted by atomic mass is 32.2. The minimum Gasteiger partial charge on any atom is -0.394 e. The van der Waals surface area contributed by atoms with Crippen LogP contribution < -0.4 is 16.2 Å². The van der Waals surface area contributed by atoms with E-state index in [1.54, 1.807) is 18.0 Å². The number of hydrogen-bond donors (Lipinski definition) is 5. The molecule has 2 rings (SSSR count). The summed E-state index contributed by atoms with van der Waals surface area (Å²) in [5, 5.41) is 25.5. The molecule has 0 atom stereocenters. The molecule has 5 N–H and O–H groups in total. The van der Waals surface area contributed by atoms with Gasteiger partial charge in [0.05, 0.1) is 18.8 Å². The van der Waals surface area contributed by atoms with Crippen molar-refractivity contribution in [2.24, 2.45) is 0 Å². The monoisotopic (exact) mass is 299 g/mol. The average Bonchev–Trinajstić information content (AvgIpc) is 2.96. The quantitative estimate of drug-likeness (QED) is 0.466. The molecule has 1 aromatic rings. The predicted octanol–water partition coefficient (Wildman–Crippen LogP) is -0.481. The fourth-order valence-corrected chi connectivity index (χ4v) is 3.23. The Hall–Kier alpha value is -1.02. The predicted molar refractivity (Wildman–Crippen MR) is 81.4 cm³/mol. The van der Waals surface area contributed by atoms with Crippen LogP contribution in [0.15, 0.2) is 11.0 Å². The zero-order chi connectivity index (χ0) is 14.6. The lowest BCUT2D eigenvalue weighted by molar-refractivity contribution is 0.106. The first-order chi connectivity index (χ1) is 9.65. The SMILES string of the molecule is CSCC(CO)(CO)NCc1c[nH]c(=O)c2c1NCC2. The Morgan fingerprint density at radius 2 is 2.20 bits per heavy atom. The third-order valence-corrected chi connectivity index (χ3v) is 4.47. The Morgan fingerprint density at radius 3 is 2.85 bits per heavy atom. The van der Waals surface area contributed by atoms with E-state index in [0.717, 1.165) is 29.8 Å². The van der Waals surface area contributed by atoms with Crippen molar-refractivity contribution in [3.05, 3.63) is 27.7 Å². The standard InChI is InChI=1S/C13H21N3O3S/c1-20-8-13(6-17,7-18)16-5-9-4-15-12(19)10-2-3-14-11(9)10/h4,14,16-18H,2-3,5-8H2,1H3,(H,15,19). The first-order valence-corrected chi connectivity index (χ1v) is 7.98. The van der Waals surface area contributed by atoms with Crippen LogP contribution in [0.3, 0.4) is 0 Å². The molecule has 0 amide bonds. The van der Waals surface area contributed by atoms with Crippen molar-refractivity contribution in [1.29, 1.82) is 0 Å². The Balaban J connectivity index is 2.15. The largest absolute Gasteiger partial charge is 0.394 e. The van der Waals surface area contributed by atoms with Gasteiger partial charge in [-0.2, -0.15) is 11.8 Å². The van der Waals surface area contributed by atoms with E-state index >= 15 is 0 Å². The zero-order valence-corrected chi connectivity index (χ0v) is 12.3. The molecule has 7 heteroatoms. The molecule has 6 nitrogen and oxygen atoms in total. The molecule has 0 saturated carbocycles. The number of aliphatic hydroxyl groups excluding tert-OH is 2. The smallest absolute Gasteiger partial charge is 0.253 e. The van der Waals surface area contributed by atoms with Gasteiger partial charge in [0.2, 0.25) is 0 Å². The van der Waals surface area contributed by atoms with Gasteiger partial charge in [-0.1, -0.05) is 0 Å². The molecule has 0 radical (unpaired) electrons. The number of nitrogens with one attached hydrogen (secondary N) is 3. The summed E-state index contributed by atoms with van der Waals surface area (Å²) in [6.07, 6.45) is 4.35. The molecule has 0 aromatic carbocycles. The van der Waals surface area contributed by atoms with E-state index in [-0.39, 0.29) is 18.8 Å². The van der Waals surface area contributed by atoms with E-state index in [1.165, 1.54) is 0 Å². The fraction of sp³-hybridized carbons (Fsp3) is 0.615. The maximum atomic E-state index is 11.7. The third kappa shape index (κ3) is 3.01. The van der Waals surface area contributed by atoms with Crippen LogP contribution in [-0.4, -0.2) is 52.5 Å². The van der Waals surface area contributed by atoms with E-state index in [1.807, 2.05) is 6.26 Å². The Bertz CT molecular complexity index is 514. The van der Waals surface area contributed by atoms with E-state index in [9.17, 15) is 15.0 Å². The molecule has 0 spiro atoms. The number of hydrogen-bond acceptors (Lipinski definition) is 6. The molecule has 0 saturated heterocycles. The summed E-state index contributed by atoms with van der Waals surface area (Å²) in [5.41, 5.74) is 1.86. The second kappa shape index (κ2) is 6.62. The van der Waals surface area contributed by atoms with Crippen LogP contribution in [0.1, 0.15) is 11.1 Å². The zero-order valence-electron chi connectivity index (χ0n) is 11.5. The van der Waals surface area contributed by atoms with E-state index in [4.69, 9.17) is 0 Å². The number of fused-ring (bicyclic) bond motifs is 1. The van der Waals surface area contributed by atoms with Gasteiger partial charge < -0.3 is 25.8 Å². The highest BCUT2D eigenvalue weighted by Gasteiger charge is 2.28. The topological polar surface area (TPSA) is 97.4 Å². The molecule has 2 heterocycles. The highest BCUT2D eigenvalue weighted by molar-refractivity contribution is 7.98. The fourth-order valence-electron chi connectivity index (χ4n) is 2.39. The van der Waals surface area contributed by atoms with E-state index < -0.39 is 5.54 Å². The second-order valence-electron chi connectivity index (χ2n) is 5.06. The van der Waals surface area contributed by atoms with Crippen molar-refractivity contribution in [3.8, 4) is 0 Å². The molecule has 112 valence electrons.